The first-order valence-electron chi connectivity index (χ1n) is 5.45. The van der Waals surface area contributed by atoms with E-state index in [9.17, 15) is 14.9 Å². The van der Waals surface area contributed by atoms with Crippen molar-refractivity contribution >= 4 is 22.7 Å². The van der Waals surface area contributed by atoms with Crippen molar-refractivity contribution in [1.29, 1.82) is 0 Å². The third-order valence-electron chi connectivity index (χ3n) is 2.67. The maximum absolute atomic E-state index is 10.9. The molecule has 0 bridgehead atoms. The first-order valence-corrected chi connectivity index (χ1v) is 5.83. The van der Waals surface area contributed by atoms with Gasteiger partial charge in [-0.15, -0.1) is 0 Å². The zero-order valence-electron chi connectivity index (χ0n) is 10.0. The second kappa shape index (κ2) is 5.19. The maximum atomic E-state index is 10.9. The molecule has 0 aliphatic carbocycles. The van der Waals surface area contributed by atoms with E-state index in [2.05, 4.69) is 5.10 Å². The lowest BCUT2D eigenvalue weighted by Crippen LogP contribution is -2.04. The molecule has 98 valence electrons. The summed E-state index contributed by atoms with van der Waals surface area (Å²) in [6, 6.07) is 8.11. The molecule has 0 fully saturated rings. The largest absolute Gasteiger partial charge is 0.390 e. The highest BCUT2D eigenvalue weighted by Crippen LogP contribution is 2.14. The Hall–Kier alpha value is -2.21. The Balaban J connectivity index is 2.21. The van der Waals surface area contributed by atoms with Crippen LogP contribution in [-0.4, -0.2) is 19.9 Å². The molecule has 7 heteroatoms. The molecule has 0 saturated carbocycles. The molecule has 2 rings (SSSR count). The fourth-order valence-corrected chi connectivity index (χ4v) is 1.78. The molecule has 0 aliphatic heterocycles. The van der Waals surface area contributed by atoms with Crippen LogP contribution in [0.15, 0.2) is 30.3 Å². The number of benzene rings is 1. The highest BCUT2D eigenvalue weighted by atomic mass is 35.5. The number of nitrogens with zero attached hydrogens (tertiary/aromatic N) is 3. The minimum absolute atomic E-state index is 0.176. The van der Waals surface area contributed by atoms with Gasteiger partial charge in [-0.2, -0.15) is 4.68 Å². The van der Waals surface area contributed by atoms with Crippen LogP contribution in [0, 0.1) is 17.0 Å². The van der Waals surface area contributed by atoms with Gasteiger partial charge < -0.3 is 10.1 Å². The summed E-state index contributed by atoms with van der Waals surface area (Å²) in [6.45, 7) is 2.15. The molecule has 1 aromatic carbocycles. The number of halogens is 1. The molecule has 0 unspecified atom stereocenters. The fourth-order valence-electron chi connectivity index (χ4n) is 1.66. The zero-order valence-corrected chi connectivity index (χ0v) is 10.8. The van der Waals surface area contributed by atoms with Gasteiger partial charge in [0.2, 0.25) is 0 Å². The Morgan fingerprint density at radius 1 is 1.42 bits per heavy atom. The second-order valence-corrected chi connectivity index (χ2v) is 4.37. The van der Waals surface area contributed by atoms with Crippen LogP contribution in [0.25, 0.3) is 0 Å². The number of hydrogen-bond donors (Lipinski definition) is 0. The van der Waals surface area contributed by atoms with Crippen LogP contribution in [0.2, 0.25) is 0 Å². The van der Waals surface area contributed by atoms with Crippen LogP contribution in [0.3, 0.4) is 0 Å². The van der Waals surface area contributed by atoms with Crippen molar-refractivity contribution in [1.82, 2.24) is 9.78 Å². The molecule has 1 aromatic heterocycles. The minimum Gasteiger partial charge on any atom is -0.358 e. The van der Waals surface area contributed by atoms with E-state index in [-0.39, 0.29) is 5.82 Å². The number of carbonyl (C=O) groups excluding carboxylic acids is 1. The van der Waals surface area contributed by atoms with E-state index in [4.69, 9.17) is 11.6 Å². The van der Waals surface area contributed by atoms with Gasteiger partial charge in [0.25, 0.3) is 5.24 Å². The van der Waals surface area contributed by atoms with E-state index in [0.29, 0.717) is 17.8 Å². The Morgan fingerprint density at radius 3 is 2.53 bits per heavy atom. The van der Waals surface area contributed by atoms with Crippen molar-refractivity contribution in [2.75, 3.05) is 0 Å². The van der Waals surface area contributed by atoms with Gasteiger partial charge in [-0.25, -0.2) is 0 Å². The minimum atomic E-state index is -0.529. The van der Waals surface area contributed by atoms with Crippen molar-refractivity contribution in [3.8, 4) is 0 Å². The van der Waals surface area contributed by atoms with E-state index in [1.807, 2.05) is 0 Å². The molecule has 19 heavy (non-hydrogen) atoms. The van der Waals surface area contributed by atoms with Gasteiger partial charge in [0.1, 0.15) is 0 Å². The lowest BCUT2D eigenvalue weighted by atomic mass is 10.1. The molecule has 2 aromatic rings. The number of rotatable bonds is 4. The summed E-state index contributed by atoms with van der Waals surface area (Å²) in [5.41, 5.74) is 1.99. The number of nitro groups is 1. The van der Waals surface area contributed by atoms with E-state index in [0.717, 1.165) is 5.56 Å². The average molecular weight is 280 g/mol. The monoisotopic (exact) mass is 279 g/mol. The van der Waals surface area contributed by atoms with Gasteiger partial charge in [-0.1, -0.05) is 12.1 Å². The number of aryl methyl sites for hydroxylation is 1. The summed E-state index contributed by atoms with van der Waals surface area (Å²) < 4.78 is 1.54. The molecule has 0 N–H and O–H groups in total. The molecule has 0 aliphatic rings. The Kier molecular flexibility index (Phi) is 3.62. The summed E-state index contributed by atoms with van der Waals surface area (Å²) in [7, 11) is 0. The highest BCUT2D eigenvalue weighted by Gasteiger charge is 2.15. The molecular weight excluding hydrogens is 270 g/mol. The van der Waals surface area contributed by atoms with Gasteiger partial charge in [0.15, 0.2) is 0 Å². The van der Waals surface area contributed by atoms with Crippen molar-refractivity contribution in [3.05, 3.63) is 57.3 Å². The topological polar surface area (TPSA) is 78.0 Å². The van der Waals surface area contributed by atoms with Crippen molar-refractivity contribution in [3.63, 3.8) is 0 Å². The quantitative estimate of drug-likeness (QED) is 0.489. The standard InChI is InChI=1S/C12H10ClN3O3/c1-8-6-11(16(18)19)14-15(8)7-9-2-4-10(5-3-9)12(13)17/h2-6H,7H2,1H3. The Labute approximate surface area is 113 Å². The molecule has 0 saturated heterocycles. The van der Waals surface area contributed by atoms with Gasteiger partial charge in [0, 0.05) is 5.56 Å². The van der Waals surface area contributed by atoms with E-state index >= 15 is 0 Å². The summed E-state index contributed by atoms with van der Waals surface area (Å²) in [5, 5.41) is 14.0. The van der Waals surface area contributed by atoms with Crippen LogP contribution in [-0.2, 0) is 6.54 Å². The number of carbonyl (C=O) groups is 1. The summed E-state index contributed by atoms with van der Waals surface area (Å²) in [6.07, 6.45) is 0. The number of hydrogen-bond acceptors (Lipinski definition) is 4. The first kappa shape index (κ1) is 13.2. The summed E-state index contributed by atoms with van der Waals surface area (Å²) in [4.78, 5) is 21.0. The normalized spacial score (nSPS) is 10.4. The molecule has 0 spiro atoms. The summed E-state index contributed by atoms with van der Waals surface area (Å²) in [5.74, 6) is -0.176. The molecule has 0 atom stereocenters. The lowest BCUT2D eigenvalue weighted by Gasteiger charge is -2.01. The van der Waals surface area contributed by atoms with Crippen LogP contribution in [0.4, 0.5) is 5.82 Å². The fraction of sp³-hybridized carbons (Fsp3) is 0.167. The smallest absolute Gasteiger partial charge is 0.358 e. The average Bonchev–Trinajstić information content (AvgIpc) is 2.72. The van der Waals surface area contributed by atoms with Crippen LogP contribution < -0.4 is 0 Å². The van der Waals surface area contributed by atoms with Crippen LogP contribution in [0.1, 0.15) is 21.6 Å². The first-order chi connectivity index (χ1) is 8.97. The zero-order chi connectivity index (χ0) is 14.0. The predicted octanol–water partition coefficient (Wildman–Crippen LogP) is 2.53. The molecule has 0 radical (unpaired) electrons. The van der Waals surface area contributed by atoms with Gasteiger partial charge in [-0.3, -0.25) is 4.79 Å². The van der Waals surface area contributed by atoms with E-state index in [1.54, 1.807) is 31.2 Å². The van der Waals surface area contributed by atoms with Crippen molar-refractivity contribution < 1.29 is 9.72 Å². The molecule has 6 nitrogen and oxygen atoms in total. The summed E-state index contributed by atoms with van der Waals surface area (Å²) >= 11 is 5.35. The van der Waals surface area contributed by atoms with Crippen LogP contribution in [0.5, 0.6) is 0 Å². The van der Waals surface area contributed by atoms with Crippen molar-refractivity contribution in [2.24, 2.45) is 0 Å². The third-order valence-corrected chi connectivity index (χ3v) is 2.89. The Morgan fingerprint density at radius 2 is 2.05 bits per heavy atom. The molecular formula is C12H10ClN3O3. The molecule has 1 heterocycles. The maximum Gasteiger partial charge on any atom is 0.390 e. The van der Waals surface area contributed by atoms with Crippen LogP contribution >= 0.6 is 11.6 Å². The lowest BCUT2D eigenvalue weighted by molar-refractivity contribution is -0.389. The SMILES string of the molecule is Cc1cc([N+](=O)[O-])nn1Cc1ccc(C(=O)Cl)cc1. The molecule has 0 amide bonds. The van der Waals surface area contributed by atoms with E-state index < -0.39 is 10.2 Å². The van der Waals surface area contributed by atoms with Gasteiger partial charge in [0.05, 0.1) is 23.4 Å². The van der Waals surface area contributed by atoms with Gasteiger partial charge >= 0.3 is 5.82 Å². The van der Waals surface area contributed by atoms with Crippen molar-refractivity contribution in [2.45, 2.75) is 13.5 Å². The third kappa shape index (κ3) is 2.97. The number of aromatic nitrogens is 2. The highest BCUT2D eigenvalue weighted by molar-refractivity contribution is 6.67. The Bertz CT molecular complexity index is 634. The second-order valence-electron chi connectivity index (χ2n) is 4.03. The predicted molar refractivity (Wildman–Crippen MR) is 69.3 cm³/mol. The van der Waals surface area contributed by atoms with E-state index in [1.165, 1.54) is 10.7 Å². The van der Waals surface area contributed by atoms with Gasteiger partial charge in [-0.05, 0) is 41.1 Å².